The van der Waals surface area contributed by atoms with Gasteiger partial charge in [-0.2, -0.15) is 0 Å². The Morgan fingerprint density at radius 3 is 2.61 bits per heavy atom. The summed E-state index contributed by atoms with van der Waals surface area (Å²) in [7, 11) is 0. The molecule has 28 heavy (non-hydrogen) atoms. The van der Waals surface area contributed by atoms with Crippen molar-refractivity contribution in [3.05, 3.63) is 52.9 Å². The van der Waals surface area contributed by atoms with E-state index in [1.165, 1.54) is 17.4 Å². The smallest absolute Gasteiger partial charge is 0.264 e. The van der Waals surface area contributed by atoms with Gasteiger partial charge in [-0.3, -0.25) is 4.79 Å². The third-order valence-corrected chi connectivity index (χ3v) is 5.46. The van der Waals surface area contributed by atoms with Gasteiger partial charge in [-0.15, -0.1) is 0 Å². The average molecular weight is 395 g/mol. The van der Waals surface area contributed by atoms with E-state index < -0.39 is 0 Å². The Morgan fingerprint density at radius 2 is 1.86 bits per heavy atom. The Kier molecular flexibility index (Phi) is 5.25. The fourth-order valence-electron chi connectivity index (χ4n) is 3.08. The van der Waals surface area contributed by atoms with Crippen LogP contribution in [-0.2, 0) is 4.79 Å². The van der Waals surface area contributed by atoms with Gasteiger partial charge in [0.05, 0.1) is 10.6 Å². The molecule has 4 rings (SSSR count). The minimum Gasteiger partial charge on any atom is -0.454 e. The zero-order valence-corrected chi connectivity index (χ0v) is 16.6. The first-order valence-corrected chi connectivity index (χ1v) is 10.0. The first-order chi connectivity index (χ1) is 13.7. The van der Waals surface area contributed by atoms with Crippen molar-refractivity contribution in [2.75, 3.05) is 24.8 Å². The average Bonchev–Trinajstić information content (AvgIpc) is 3.30. The lowest BCUT2D eigenvalue weighted by Crippen LogP contribution is -2.21. The van der Waals surface area contributed by atoms with E-state index in [4.69, 9.17) is 9.47 Å². The van der Waals surface area contributed by atoms with Crippen LogP contribution in [0.15, 0.2) is 52.4 Å². The second kappa shape index (κ2) is 7.98. The number of nitrogens with zero attached hydrogens (tertiary/aromatic N) is 2. The molecule has 0 radical (unpaired) electrons. The van der Waals surface area contributed by atoms with Crippen LogP contribution in [0.4, 0.5) is 11.4 Å². The highest BCUT2D eigenvalue weighted by atomic mass is 32.2. The molecule has 2 aliphatic rings. The third kappa shape index (κ3) is 3.84. The van der Waals surface area contributed by atoms with Crippen LogP contribution in [0.25, 0.3) is 6.08 Å². The quantitative estimate of drug-likeness (QED) is 0.771. The zero-order chi connectivity index (χ0) is 19.5. The van der Waals surface area contributed by atoms with Gasteiger partial charge in [0.15, 0.2) is 16.7 Å². The molecular weight excluding hydrogens is 374 g/mol. The molecule has 0 saturated carbocycles. The van der Waals surface area contributed by atoms with Crippen molar-refractivity contribution < 1.29 is 14.3 Å². The second-order valence-corrected chi connectivity index (χ2v) is 7.31. The predicted molar refractivity (Wildman–Crippen MR) is 113 cm³/mol. The number of ether oxygens (including phenoxy) is 2. The molecule has 0 aliphatic carbocycles. The third-order valence-electron chi connectivity index (χ3n) is 4.55. The number of aliphatic imine (C=N–C) groups is 1. The maximum absolute atomic E-state index is 12.3. The number of thioether (sulfide) groups is 1. The van der Waals surface area contributed by atoms with Crippen LogP contribution in [0.3, 0.4) is 0 Å². The highest BCUT2D eigenvalue weighted by Crippen LogP contribution is 2.35. The van der Waals surface area contributed by atoms with Gasteiger partial charge >= 0.3 is 0 Å². The fraction of sp³-hybridized carbons (Fsp3) is 0.238. The summed E-state index contributed by atoms with van der Waals surface area (Å²) in [5.74, 6) is 1.27. The minimum atomic E-state index is -0.152. The van der Waals surface area contributed by atoms with E-state index in [0.717, 1.165) is 30.1 Å². The molecule has 2 aromatic carbocycles. The number of rotatable bonds is 5. The summed E-state index contributed by atoms with van der Waals surface area (Å²) in [6.07, 6.45) is 1.83. The number of hydrogen-bond donors (Lipinski definition) is 1. The first-order valence-electron chi connectivity index (χ1n) is 9.20. The number of amides is 1. The molecule has 0 bridgehead atoms. The standard InChI is InChI=1S/C21H21N3O3S/c1-3-24(4-2)16-8-6-15(7-9-16)22-21-23-20(25)19(28-21)12-14-5-10-17-18(11-14)27-13-26-17/h5-12H,3-4,13H2,1-2H3,(H,22,23,25)/b19-12-. The molecule has 2 aromatic rings. The van der Waals surface area contributed by atoms with Crippen molar-refractivity contribution in [2.45, 2.75) is 13.8 Å². The number of nitrogens with one attached hydrogen (secondary N) is 1. The summed E-state index contributed by atoms with van der Waals surface area (Å²) in [5, 5.41) is 3.40. The molecule has 2 aliphatic heterocycles. The van der Waals surface area contributed by atoms with Gasteiger partial charge in [-0.25, -0.2) is 4.99 Å². The molecule has 2 heterocycles. The van der Waals surface area contributed by atoms with Crippen molar-refractivity contribution in [2.24, 2.45) is 4.99 Å². The summed E-state index contributed by atoms with van der Waals surface area (Å²) < 4.78 is 10.7. The summed E-state index contributed by atoms with van der Waals surface area (Å²) in [6.45, 7) is 6.43. The lowest BCUT2D eigenvalue weighted by Gasteiger charge is -2.20. The van der Waals surface area contributed by atoms with Crippen molar-refractivity contribution >= 4 is 40.3 Å². The highest BCUT2D eigenvalue weighted by molar-refractivity contribution is 8.18. The van der Waals surface area contributed by atoms with Crippen LogP contribution >= 0.6 is 11.8 Å². The molecule has 1 N–H and O–H groups in total. The molecule has 0 unspecified atom stereocenters. The van der Waals surface area contributed by atoms with Gasteiger partial charge in [-0.1, -0.05) is 6.07 Å². The molecule has 6 nitrogen and oxygen atoms in total. The van der Waals surface area contributed by atoms with Crippen LogP contribution in [0.2, 0.25) is 0 Å². The van der Waals surface area contributed by atoms with E-state index in [1.54, 1.807) is 0 Å². The fourth-order valence-corrected chi connectivity index (χ4v) is 3.92. The summed E-state index contributed by atoms with van der Waals surface area (Å²) in [5.41, 5.74) is 2.86. The maximum Gasteiger partial charge on any atom is 0.264 e. The Balaban J connectivity index is 1.50. The lowest BCUT2D eigenvalue weighted by atomic mass is 10.2. The van der Waals surface area contributed by atoms with Crippen molar-refractivity contribution in [1.82, 2.24) is 5.32 Å². The second-order valence-electron chi connectivity index (χ2n) is 6.28. The van der Waals surface area contributed by atoms with Gasteiger partial charge in [0.1, 0.15) is 0 Å². The van der Waals surface area contributed by atoms with Crippen molar-refractivity contribution in [3.8, 4) is 11.5 Å². The Morgan fingerprint density at radius 1 is 1.11 bits per heavy atom. The number of benzene rings is 2. The topological polar surface area (TPSA) is 63.2 Å². The number of carbonyl (C=O) groups excluding carboxylic acids is 1. The maximum atomic E-state index is 12.3. The molecular formula is C21H21N3O3S. The molecule has 1 fully saturated rings. The van der Waals surface area contributed by atoms with E-state index >= 15 is 0 Å². The van der Waals surface area contributed by atoms with Gasteiger partial charge < -0.3 is 19.7 Å². The molecule has 0 atom stereocenters. The Hall–Kier alpha value is -2.93. The monoisotopic (exact) mass is 395 g/mol. The van der Waals surface area contributed by atoms with E-state index in [9.17, 15) is 4.79 Å². The van der Waals surface area contributed by atoms with Gasteiger partial charge in [0.2, 0.25) is 6.79 Å². The van der Waals surface area contributed by atoms with Crippen LogP contribution in [0, 0.1) is 0 Å². The van der Waals surface area contributed by atoms with Gasteiger partial charge in [0.25, 0.3) is 5.91 Å². The molecule has 7 heteroatoms. The number of carbonyl (C=O) groups is 1. The molecule has 0 spiro atoms. The number of anilines is 1. The molecule has 1 saturated heterocycles. The lowest BCUT2D eigenvalue weighted by molar-refractivity contribution is -0.115. The Bertz CT molecular complexity index is 950. The highest BCUT2D eigenvalue weighted by Gasteiger charge is 2.24. The SMILES string of the molecule is CCN(CC)c1ccc(N=C2NC(=O)/C(=C/c3ccc4c(c3)OCO4)S2)cc1. The van der Waals surface area contributed by atoms with Gasteiger partial charge in [0, 0.05) is 18.8 Å². The summed E-state index contributed by atoms with van der Waals surface area (Å²) >= 11 is 1.33. The normalized spacial score (nSPS) is 18.0. The molecule has 0 aromatic heterocycles. The predicted octanol–water partition coefficient (Wildman–Crippen LogP) is 4.15. The van der Waals surface area contributed by atoms with Crippen molar-refractivity contribution in [1.29, 1.82) is 0 Å². The van der Waals surface area contributed by atoms with Crippen LogP contribution in [0.5, 0.6) is 11.5 Å². The van der Waals surface area contributed by atoms with Crippen LogP contribution in [-0.4, -0.2) is 31.0 Å². The molecule has 1 amide bonds. The zero-order valence-electron chi connectivity index (χ0n) is 15.8. The largest absolute Gasteiger partial charge is 0.454 e. The van der Waals surface area contributed by atoms with Crippen LogP contribution < -0.4 is 19.7 Å². The number of hydrogen-bond acceptors (Lipinski definition) is 6. The Labute approximate surface area is 168 Å². The number of amidine groups is 1. The summed E-state index contributed by atoms with van der Waals surface area (Å²) in [6, 6.07) is 13.6. The molecule has 144 valence electrons. The van der Waals surface area contributed by atoms with Gasteiger partial charge in [-0.05, 0) is 73.6 Å². The van der Waals surface area contributed by atoms with E-state index in [0.29, 0.717) is 15.8 Å². The minimum absolute atomic E-state index is 0.152. The summed E-state index contributed by atoms with van der Waals surface area (Å²) in [4.78, 5) is 19.7. The first kappa shape index (κ1) is 18.4. The van der Waals surface area contributed by atoms with E-state index in [-0.39, 0.29) is 12.7 Å². The number of fused-ring (bicyclic) bond motifs is 1. The van der Waals surface area contributed by atoms with Crippen LogP contribution in [0.1, 0.15) is 19.4 Å². The van der Waals surface area contributed by atoms with E-state index in [1.807, 2.05) is 36.4 Å². The van der Waals surface area contributed by atoms with Crippen molar-refractivity contribution in [3.63, 3.8) is 0 Å². The van der Waals surface area contributed by atoms with E-state index in [2.05, 4.69) is 41.2 Å².